The monoisotopic (exact) mass is 297 g/mol. The Labute approximate surface area is 126 Å². The zero-order valence-electron chi connectivity index (χ0n) is 11.7. The minimum atomic E-state index is 0.206. The van der Waals surface area contributed by atoms with E-state index < -0.39 is 0 Å². The van der Waals surface area contributed by atoms with Crippen molar-refractivity contribution in [2.45, 2.75) is 6.54 Å². The third kappa shape index (κ3) is 2.87. The lowest BCUT2D eigenvalue weighted by Crippen LogP contribution is -2.06. The average Bonchev–Trinajstić information content (AvgIpc) is 3.06. The molecular weight excluding hydrogens is 282 g/mol. The predicted molar refractivity (Wildman–Crippen MR) is 84.1 cm³/mol. The first-order valence-corrected chi connectivity index (χ1v) is 6.50. The van der Waals surface area contributed by atoms with Gasteiger partial charge in [0.15, 0.2) is 0 Å². The van der Waals surface area contributed by atoms with Crippen LogP contribution < -0.4 is 16.8 Å². The molecule has 0 amide bonds. The number of nitrogen functional groups attached to an aromatic ring is 2. The maximum Gasteiger partial charge on any atom is 0.250 e. The molecule has 9 nitrogen and oxygen atoms in total. The Bertz CT molecular complexity index is 784. The van der Waals surface area contributed by atoms with E-state index in [-0.39, 0.29) is 11.9 Å². The summed E-state index contributed by atoms with van der Waals surface area (Å²) >= 11 is 0. The van der Waals surface area contributed by atoms with E-state index in [9.17, 15) is 0 Å². The summed E-state index contributed by atoms with van der Waals surface area (Å²) in [5, 5.41) is 13.4. The number of rotatable bonds is 5. The molecule has 9 heteroatoms. The van der Waals surface area contributed by atoms with Crippen LogP contribution in [0.3, 0.4) is 0 Å². The smallest absolute Gasteiger partial charge is 0.250 e. The van der Waals surface area contributed by atoms with Gasteiger partial charge in [-0.05, 0) is 11.1 Å². The molecule has 0 spiro atoms. The van der Waals surface area contributed by atoms with Gasteiger partial charge >= 0.3 is 0 Å². The van der Waals surface area contributed by atoms with E-state index in [4.69, 9.17) is 11.5 Å². The molecule has 0 aliphatic rings. The van der Waals surface area contributed by atoms with Gasteiger partial charge in [-0.3, -0.25) is 5.32 Å². The lowest BCUT2D eigenvalue weighted by Gasteiger charge is -2.03. The fraction of sp³-hybridized carbons (Fsp3) is 0.0769. The first-order chi connectivity index (χ1) is 10.6. The molecular formula is C13H15N9. The number of aromatic amines is 1. The van der Waals surface area contributed by atoms with E-state index in [0.29, 0.717) is 18.4 Å². The SMILES string of the molecule is C=Cc1ccc(Cn2nc(Nc3n[nH]c(N)n3)nc2N)cc1. The number of hydrogen-bond donors (Lipinski definition) is 4. The fourth-order valence-corrected chi connectivity index (χ4v) is 1.89. The third-order valence-corrected chi connectivity index (χ3v) is 2.97. The lowest BCUT2D eigenvalue weighted by atomic mass is 10.1. The van der Waals surface area contributed by atoms with Crippen LogP contribution in [-0.2, 0) is 6.54 Å². The second kappa shape index (κ2) is 5.56. The Kier molecular flexibility index (Phi) is 3.44. The largest absolute Gasteiger partial charge is 0.368 e. The number of nitrogens with zero attached hydrogens (tertiary/aromatic N) is 5. The van der Waals surface area contributed by atoms with Crippen LogP contribution in [-0.4, -0.2) is 29.9 Å². The summed E-state index contributed by atoms with van der Waals surface area (Å²) < 4.78 is 1.58. The lowest BCUT2D eigenvalue weighted by molar-refractivity contribution is 0.698. The van der Waals surface area contributed by atoms with E-state index in [1.807, 2.05) is 24.3 Å². The van der Waals surface area contributed by atoms with E-state index >= 15 is 0 Å². The maximum atomic E-state index is 5.86. The predicted octanol–water partition coefficient (Wildman–Crippen LogP) is 0.995. The minimum Gasteiger partial charge on any atom is -0.368 e. The van der Waals surface area contributed by atoms with Crippen molar-refractivity contribution in [1.82, 2.24) is 29.9 Å². The molecule has 3 aromatic rings. The van der Waals surface area contributed by atoms with Crippen molar-refractivity contribution >= 4 is 29.9 Å². The number of nitrogens with two attached hydrogens (primary N) is 2. The van der Waals surface area contributed by atoms with Crippen LogP contribution in [0.15, 0.2) is 30.8 Å². The van der Waals surface area contributed by atoms with Crippen LogP contribution in [0, 0.1) is 0 Å². The van der Waals surface area contributed by atoms with E-state index in [1.165, 1.54) is 0 Å². The second-order valence-electron chi connectivity index (χ2n) is 4.57. The Morgan fingerprint density at radius 1 is 1.18 bits per heavy atom. The minimum absolute atomic E-state index is 0.206. The molecule has 0 bridgehead atoms. The molecule has 2 heterocycles. The van der Waals surface area contributed by atoms with Crippen molar-refractivity contribution in [2.24, 2.45) is 0 Å². The summed E-state index contributed by atoms with van der Waals surface area (Å²) in [5.41, 5.74) is 13.4. The summed E-state index contributed by atoms with van der Waals surface area (Å²) in [6.07, 6.45) is 1.79. The summed E-state index contributed by atoms with van der Waals surface area (Å²) in [5.74, 6) is 1.08. The molecule has 0 unspecified atom stereocenters. The number of benzene rings is 1. The fourth-order valence-electron chi connectivity index (χ4n) is 1.89. The highest BCUT2D eigenvalue weighted by Gasteiger charge is 2.09. The molecule has 0 saturated heterocycles. The number of aromatic nitrogens is 6. The molecule has 0 aliphatic carbocycles. The van der Waals surface area contributed by atoms with Gasteiger partial charge in [-0.2, -0.15) is 9.97 Å². The van der Waals surface area contributed by atoms with Gasteiger partial charge in [0.1, 0.15) is 0 Å². The van der Waals surface area contributed by atoms with Gasteiger partial charge in [-0.25, -0.2) is 9.78 Å². The van der Waals surface area contributed by atoms with Crippen molar-refractivity contribution in [1.29, 1.82) is 0 Å². The Hall–Kier alpha value is -3.36. The highest BCUT2D eigenvalue weighted by atomic mass is 15.4. The van der Waals surface area contributed by atoms with Gasteiger partial charge in [-0.15, -0.1) is 10.2 Å². The summed E-state index contributed by atoms with van der Waals surface area (Å²) in [7, 11) is 0. The van der Waals surface area contributed by atoms with Crippen molar-refractivity contribution in [2.75, 3.05) is 16.8 Å². The zero-order valence-corrected chi connectivity index (χ0v) is 11.7. The molecule has 3 rings (SSSR count). The second-order valence-corrected chi connectivity index (χ2v) is 4.57. The van der Waals surface area contributed by atoms with Crippen LogP contribution in [0.1, 0.15) is 11.1 Å². The van der Waals surface area contributed by atoms with Gasteiger partial charge in [0, 0.05) is 0 Å². The highest BCUT2D eigenvalue weighted by Crippen LogP contribution is 2.13. The van der Waals surface area contributed by atoms with Gasteiger partial charge < -0.3 is 11.5 Å². The normalized spacial score (nSPS) is 10.5. The number of anilines is 4. The Balaban J connectivity index is 1.75. The van der Waals surface area contributed by atoms with Gasteiger partial charge in [0.2, 0.25) is 11.9 Å². The van der Waals surface area contributed by atoms with Crippen molar-refractivity contribution < 1.29 is 0 Å². The summed E-state index contributed by atoms with van der Waals surface area (Å²) in [6, 6.07) is 7.93. The van der Waals surface area contributed by atoms with Crippen LogP contribution in [0.4, 0.5) is 23.8 Å². The molecule has 0 saturated carbocycles. The number of hydrogen-bond acceptors (Lipinski definition) is 7. The van der Waals surface area contributed by atoms with Gasteiger partial charge in [0.05, 0.1) is 6.54 Å². The Morgan fingerprint density at radius 2 is 1.95 bits per heavy atom. The van der Waals surface area contributed by atoms with Crippen LogP contribution in [0.2, 0.25) is 0 Å². The standard InChI is InChI=1S/C13H15N9/c1-2-8-3-5-9(6-4-8)7-22-11(15)17-13(21-22)18-12-16-10(14)19-20-12/h2-6H,1,7H2,(H6,14,15,16,17,18,19,20,21). The van der Waals surface area contributed by atoms with Crippen molar-refractivity contribution in [3.8, 4) is 0 Å². The molecule has 6 N–H and O–H groups in total. The molecule has 0 aliphatic heterocycles. The summed E-state index contributed by atoms with van der Waals surface area (Å²) in [6.45, 7) is 4.23. The summed E-state index contributed by atoms with van der Waals surface area (Å²) in [4.78, 5) is 8.02. The maximum absolute atomic E-state index is 5.86. The molecule has 22 heavy (non-hydrogen) atoms. The van der Waals surface area contributed by atoms with E-state index in [0.717, 1.165) is 11.1 Å². The number of nitrogens with one attached hydrogen (secondary N) is 2. The topological polar surface area (TPSA) is 136 Å². The van der Waals surface area contributed by atoms with E-state index in [1.54, 1.807) is 10.8 Å². The average molecular weight is 297 g/mol. The van der Waals surface area contributed by atoms with Crippen LogP contribution >= 0.6 is 0 Å². The van der Waals surface area contributed by atoms with Gasteiger partial charge in [-0.1, -0.05) is 36.9 Å². The van der Waals surface area contributed by atoms with Crippen molar-refractivity contribution in [3.63, 3.8) is 0 Å². The van der Waals surface area contributed by atoms with Gasteiger partial charge in [0.25, 0.3) is 11.9 Å². The molecule has 0 fully saturated rings. The van der Waals surface area contributed by atoms with Crippen molar-refractivity contribution in [3.05, 3.63) is 42.0 Å². The first kappa shape index (κ1) is 13.6. The zero-order chi connectivity index (χ0) is 15.5. The molecule has 0 atom stereocenters. The molecule has 0 radical (unpaired) electrons. The molecule has 2 aromatic heterocycles. The molecule has 1 aromatic carbocycles. The number of H-pyrrole nitrogens is 1. The first-order valence-electron chi connectivity index (χ1n) is 6.50. The Morgan fingerprint density at radius 3 is 2.59 bits per heavy atom. The van der Waals surface area contributed by atoms with E-state index in [2.05, 4.69) is 37.2 Å². The highest BCUT2D eigenvalue weighted by molar-refractivity contribution is 5.48. The molecule has 112 valence electrons. The quantitative estimate of drug-likeness (QED) is 0.551. The van der Waals surface area contributed by atoms with Crippen LogP contribution in [0.5, 0.6) is 0 Å². The third-order valence-electron chi connectivity index (χ3n) is 2.97. The van der Waals surface area contributed by atoms with Crippen LogP contribution in [0.25, 0.3) is 6.08 Å².